The summed E-state index contributed by atoms with van der Waals surface area (Å²) in [5, 5.41) is 0. The van der Waals surface area contributed by atoms with Gasteiger partial charge in [-0.3, -0.25) is 0 Å². The number of imidazole rings is 1. The lowest BCUT2D eigenvalue weighted by molar-refractivity contribution is 0.628. The molecule has 0 atom stereocenters. The SMILES string of the molecule is Nc1c(-c2cccc(F)c2)ncn1Cc1ccccc1. The fraction of sp³-hybridized carbons (Fsp3) is 0.0625. The van der Waals surface area contributed by atoms with Gasteiger partial charge in [0.05, 0.1) is 12.9 Å². The molecule has 1 aromatic heterocycles. The summed E-state index contributed by atoms with van der Waals surface area (Å²) in [6, 6.07) is 16.3. The first kappa shape index (κ1) is 12.4. The number of nitrogens with zero attached hydrogens (tertiary/aromatic N) is 2. The maximum absolute atomic E-state index is 13.3. The molecule has 0 aliphatic rings. The zero-order chi connectivity index (χ0) is 13.9. The highest BCUT2D eigenvalue weighted by atomic mass is 19.1. The van der Waals surface area contributed by atoms with Crippen LogP contribution in [0.5, 0.6) is 0 Å². The summed E-state index contributed by atoms with van der Waals surface area (Å²) in [6.45, 7) is 0.648. The van der Waals surface area contributed by atoms with E-state index in [1.165, 1.54) is 12.1 Å². The molecule has 0 aliphatic carbocycles. The number of rotatable bonds is 3. The van der Waals surface area contributed by atoms with E-state index in [0.29, 0.717) is 23.6 Å². The first-order valence-corrected chi connectivity index (χ1v) is 6.34. The van der Waals surface area contributed by atoms with Crippen molar-refractivity contribution in [1.82, 2.24) is 9.55 Å². The number of nitrogens with two attached hydrogens (primary N) is 1. The molecule has 0 aliphatic heterocycles. The third-order valence-electron chi connectivity index (χ3n) is 3.17. The third kappa shape index (κ3) is 2.40. The van der Waals surface area contributed by atoms with Gasteiger partial charge in [0, 0.05) is 5.56 Å². The molecule has 0 fully saturated rings. The Morgan fingerprint density at radius 2 is 1.85 bits per heavy atom. The van der Waals surface area contributed by atoms with Crippen LogP contribution in [0.3, 0.4) is 0 Å². The standard InChI is InChI=1S/C16H14FN3/c17-14-8-4-7-13(9-14)15-16(18)20(11-19-15)10-12-5-2-1-3-6-12/h1-9,11H,10,18H2. The van der Waals surface area contributed by atoms with Gasteiger partial charge in [-0.1, -0.05) is 42.5 Å². The molecule has 3 rings (SSSR count). The Morgan fingerprint density at radius 3 is 2.60 bits per heavy atom. The Bertz CT molecular complexity index is 720. The lowest BCUT2D eigenvalue weighted by Crippen LogP contribution is -2.03. The number of aromatic nitrogens is 2. The largest absolute Gasteiger partial charge is 0.383 e. The fourth-order valence-corrected chi connectivity index (χ4v) is 2.16. The summed E-state index contributed by atoms with van der Waals surface area (Å²) in [5.41, 5.74) is 8.55. The summed E-state index contributed by atoms with van der Waals surface area (Å²) in [6.07, 6.45) is 1.68. The smallest absolute Gasteiger partial charge is 0.131 e. The molecule has 100 valence electrons. The molecule has 0 amide bonds. The van der Waals surface area contributed by atoms with Crippen molar-refractivity contribution in [3.05, 3.63) is 72.3 Å². The average Bonchev–Trinajstić information content (AvgIpc) is 2.81. The van der Waals surface area contributed by atoms with E-state index in [1.807, 2.05) is 34.9 Å². The molecule has 3 nitrogen and oxygen atoms in total. The van der Waals surface area contributed by atoms with Crippen LogP contribution in [-0.4, -0.2) is 9.55 Å². The number of halogens is 1. The van der Waals surface area contributed by atoms with Crippen molar-refractivity contribution in [2.75, 3.05) is 5.73 Å². The van der Waals surface area contributed by atoms with E-state index >= 15 is 0 Å². The Balaban J connectivity index is 1.93. The second-order valence-corrected chi connectivity index (χ2v) is 4.60. The van der Waals surface area contributed by atoms with Crippen molar-refractivity contribution in [1.29, 1.82) is 0 Å². The Hall–Kier alpha value is -2.62. The van der Waals surface area contributed by atoms with Crippen LogP contribution >= 0.6 is 0 Å². The molecule has 0 spiro atoms. The van der Waals surface area contributed by atoms with E-state index in [9.17, 15) is 4.39 Å². The van der Waals surface area contributed by atoms with Crippen molar-refractivity contribution in [3.63, 3.8) is 0 Å². The van der Waals surface area contributed by atoms with E-state index in [-0.39, 0.29) is 5.82 Å². The van der Waals surface area contributed by atoms with Crippen molar-refractivity contribution >= 4 is 5.82 Å². The van der Waals surface area contributed by atoms with E-state index < -0.39 is 0 Å². The quantitative estimate of drug-likeness (QED) is 0.791. The van der Waals surface area contributed by atoms with Gasteiger partial charge in [0.15, 0.2) is 0 Å². The van der Waals surface area contributed by atoms with Gasteiger partial charge < -0.3 is 10.3 Å². The second kappa shape index (κ2) is 5.17. The van der Waals surface area contributed by atoms with Gasteiger partial charge >= 0.3 is 0 Å². The topological polar surface area (TPSA) is 43.8 Å². The third-order valence-corrected chi connectivity index (χ3v) is 3.17. The molecule has 0 saturated carbocycles. The summed E-state index contributed by atoms with van der Waals surface area (Å²) in [7, 11) is 0. The fourth-order valence-electron chi connectivity index (χ4n) is 2.16. The van der Waals surface area contributed by atoms with Gasteiger partial charge in [-0.05, 0) is 17.7 Å². The van der Waals surface area contributed by atoms with Crippen molar-refractivity contribution in [2.45, 2.75) is 6.54 Å². The molecule has 2 aromatic carbocycles. The molecule has 0 radical (unpaired) electrons. The summed E-state index contributed by atoms with van der Waals surface area (Å²) in [5.74, 6) is 0.249. The molecule has 20 heavy (non-hydrogen) atoms. The van der Waals surface area contributed by atoms with Gasteiger partial charge in [-0.2, -0.15) is 0 Å². The van der Waals surface area contributed by atoms with Crippen LogP contribution in [0.2, 0.25) is 0 Å². The molecular weight excluding hydrogens is 253 g/mol. The maximum atomic E-state index is 13.3. The summed E-state index contributed by atoms with van der Waals surface area (Å²) >= 11 is 0. The van der Waals surface area contributed by atoms with Gasteiger partial charge in [0.25, 0.3) is 0 Å². The van der Waals surface area contributed by atoms with E-state index in [4.69, 9.17) is 5.73 Å². The van der Waals surface area contributed by atoms with Gasteiger partial charge in [-0.15, -0.1) is 0 Å². The lowest BCUT2D eigenvalue weighted by Gasteiger charge is -2.06. The second-order valence-electron chi connectivity index (χ2n) is 4.60. The number of hydrogen-bond donors (Lipinski definition) is 1. The van der Waals surface area contributed by atoms with E-state index in [0.717, 1.165) is 5.56 Å². The zero-order valence-corrected chi connectivity index (χ0v) is 10.8. The minimum atomic E-state index is -0.292. The Labute approximate surface area is 116 Å². The highest BCUT2D eigenvalue weighted by molar-refractivity contribution is 5.70. The Kier molecular flexibility index (Phi) is 3.21. The highest BCUT2D eigenvalue weighted by Crippen LogP contribution is 2.25. The minimum Gasteiger partial charge on any atom is -0.383 e. The number of anilines is 1. The molecule has 3 aromatic rings. The predicted octanol–water partition coefficient (Wildman–Crippen LogP) is 3.32. The first-order valence-electron chi connectivity index (χ1n) is 6.34. The van der Waals surface area contributed by atoms with Crippen LogP contribution in [0.25, 0.3) is 11.3 Å². The highest BCUT2D eigenvalue weighted by Gasteiger charge is 2.10. The molecule has 0 unspecified atom stereocenters. The molecule has 0 bridgehead atoms. The monoisotopic (exact) mass is 267 g/mol. The number of nitrogen functional groups attached to an aromatic ring is 1. The van der Waals surface area contributed by atoms with E-state index in [2.05, 4.69) is 4.98 Å². The number of benzene rings is 2. The normalized spacial score (nSPS) is 10.7. The van der Waals surface area contributed by atoms with Crippen LogP contribution in [-0.2, 0) is 6.54 Å². The van der Waals surface area contributed by atoms with E-state index in [1.54, 1.807) is 18.5 Å². The molecule has 1 heterocycles. The first-order chi connectivity index (χ1) is 9.74. The van der Waals surface area contributed by atoms with Gasteiger partial charge in [0.2, 0.25) is 0 Å². The van der Waals surface area contributed by atoms with Crippen LogP contribution < -0.4 is 5.73 Å². The van der Waals surface area contributed by atoms with Gasteiger partial charge in [0.1, 0.15) is 17.3 Å². The molecular formula is C16H14FN3. The average molecular weight is 267 g/mol. The van der Waals surface area contributed by atoms with Crippen LogP contribution in [0.4, 0.5) is 10.2 Å². The van der Waals surface area contributed by atoms with Crippen molar-refractivity contribution in [3.8, 4) is 11.3 Å². The van der Waals surface area contributed by atoms with Crippen molar-refractivity contribution in [2.24, 2.45) is 0 Å². The van der Waals surface area contributed by atoms with Gasteiger partial charge in [-0.25, -0.2) is 9.37 Å². The van der Waals surface area contributed by atoms with Crippen molar-refractivity contribution < 1.29 is 4.39 Å². The Morgan fingerprint density at radius 1 is 1.05 bits per heavy atom. The summed E-state index contributed by atoms with van der Waals surface area (Å²) < 4.78 is 15.1. The van der Waals surface area contributed by atoms with Crippen LogP contribution in [0, 0.1) is 5.82 Å². The summed E-state index contributed by atoms with van der Waals surface area (Å²) in [4.78, 5) is 4.29. The molecule has 4 heteroatoms. The van der Waals surface area contributed by atoms with Crippen LogP contribution in [0.1, 0.15) is 5.56 Å². The predicted molar refractivity (Wildman–Crippen MR) is 77.6 cm³/mol. The molecule has 0 saturated heterocycles. The maximum Gasteiger partial charge on any atom is 0.131 e. The number of hydrogen-bond acceptors (Lipinski definition) is 2. The molecule has 2 N–H and O–H groups in total. The lowest BCUT2D eigenvalue weighted by atomic mass is 10.1. The zero-order valence-electron chi connectivity index (χ0n) is 10.8. The minimum absolute atomic E-state index is 0.292. The van der Waals surface area contributed by atoms with Crippen LogP contribution in [0.15, 0.2) is 60.9 Å².